The molecular formula is C54H62N8O6. The number of benzene rings is 5. The van der Waals surface area contributed by atoms with Gasteiger partial charge in [-0.05, 0) is 94.3 Å². The van der Waals surface area contributed by atoms with Gasteiger partial charge in [-0.3, -0.25) is 14.4 Å². The van der Waals surface area contributed by atoms with E-state index in [2.05, 4.69) is 83.0 Å². The highest BCUT2D eigenvalue weighted by atomic mass is 16.5. The molecule has 14 nitrogen and oxygen atoms in total. The summed E-state index contributed by atoms with van der Waals surface area (Å²) in [4.78, 5) is 74.9. The number of amides is 4. The Labute approximate surface area is 396 Å². The average Bonchev–Trinajstić information content (AvgIpc) is 4.19. The Morgan fingerprint density at radius 2 is 1.38 bits per heavy atom. The molecule has 14 heteroatoms. The number of rotatable bonds is 18. The van der Waals surface area contributed by atoms with Crippen LogP contribution in [0.1, 0.15) is 89.1 Å². The number of imidazole rings is 2. The van der Waals surface area contributed by atoms with Gasteiger partial charge in [-0.25, -0.2) is 14.8 Å². The summed E-state index contributed by atoms with van der Waals surface area (Å²) in [5.74, 6) is 1.50. The number of hydrogen-bond donors (Lipinski definition) is 4. The molecule has 5 atom stereocenters. The van der Waals surface area contributed by atoms with E-state index in [1.54, 1.807) is 12.0 Å². The minimum Gasteiger partial charge on any atom is -0.453 e. The lowest BCUT2D eigenvalue weighted by Gasteiger charge is -2.30. The maximum atomic E-state index is 14.4. The molecule has 0 aliphatic heterocycles. The molecule has 2 saturated carbocycles. The number of hydrogen-bond acceptors (Lipinski definition) is 8. The number of aromatic nitrogens is 4. The molecule has 354 valence electrons. The first-order valence-corrected chi connectivity index (χ1v) is 24.0. The SMILES string of the molecule is CCCN(Cc1nc2c(ccc3cc(-c4ccc5c(ccc6[nH]c(CN(C(=O)C(NC(=O)OC)C(C)CC)C7C(C)C7C)nc65)c4)ccc32)[nH]1)C(=O)C(NC(=O)C1CC1)c1cccc(COC)c1. The van der Waals surface area contributed by atoms with Gasteiger partial charge in [0.15, 0.2) is 0 Å². The van der Waals surface area contributed by atoms with Gasteiger partial charge >= 0.3 is 6.09 Å². The van der Waals surface area contributed by atoms with Crippen molar-refractivity contribution in [3.05, 3.63) is 108 Å². The number of nitrogens with zero attached hydrogens (tertiary/aromatic N) is 4. The highest BCUT2D eigenvalue weighted by Gasteiger charge is 2.50. The lowest BCUT2D eigenvalue weighted by Crippen LogP contribution is -2.52. The van der Waals surface area contributed by atoms with Crippen LogP contribution in [0.15, 0.2) is 84.9 Å². The third-order valence-electron chi connectivity index (χ3n) is 14.3. The number of methoxy groups -OCH3 is 2. The van der Waals surface area contributed by atoms with Gasteiger partial charge in [-0.2, -0.15) is 0 Å². The minimum absolute atomic E-state index is 0.0444. The van der Waals surface area contributed by atoms with Gasteiger partial charge in [0, 0.05) is 36.4 Å². The summed E-state index contributed by atoms with van der Waals surface area (Å²) in [7, 11) is 2.95. The minimum atomic E-state index is -0.826. The van der Waals surface area contributed by atoms with Crippen LogP contribution in [0.4, 0.5) is 4.79 Å². The highest BCUT2D eigenvalue weighted by molar-refractivity contribution is 6.07. The lowest BCUT2D eigenvalue weighted by atomic mass is 9.97. The fourth-order valence-corrected chi connectivity index (χ4v) is 9.78. The van der Waals surface area contributed by atoms with Crippen LogP contribution in [0.2, 0.25) is 0 Å². The Morgan fingerprint density at radius 3 is 1.93 bits per heavy atom. The van der Waals surface area contributed by atoms with Crippen LogP contribution in [0.3, 0.4) is 0 Å². The molecule has 2 aromatic heterocycles. The molecule has 2 heterocycles. The summed E-state index contributed by atoms with van der Waals surface area (Å²) in [6.45, 7) is 11.8. The van der Waals surface area contributed by atoms with Crippen molar-refractivity contribution in [1.29, 1.82) is 0 Å². The van der Waals surface area contributed by atoms with Gasteiger partial charge in [0.25, 0.3) is 0 Å². The van der Waals surface area contributed by atoms with E-state index in [-0.39, 0.29) is 42.1 Å². The summed E-state index contributed by atoms with van der Waals surface area (Å²) in [5, 5.41) is 9.96. The lowest BCUT2D eigenvalue weighted by molar-refractivity contribution is -0.137. The second kappa shape index (κ2) is 19.4. The van der Waals surface area contributed by atoms with Gasteiger partial charge < -0.3 is 39.9 Å². The van der Waals surface area contributed by atoms with Crippen LogP contribution in [-0.2, 0) is 43.6 Å². The quantitative estimate of drug-likeness (QED) is 0.0659. The Balaban J connectivity index is 0.955. The van der Waals surface area contributed by atoms with Crippen molar-refractivity contribution in [1.82, 2.24) is 40.4 Å². The fraction of sp³-hybridized carbons (Fsp3) is 0.407. The van der Waals surface area contributed by atoms with E-state index in [9.17, 15) is 19.2 Å². The molecule has 5 aromatic carbocycles. The topological polar surface area (TPSA) is 175 Å². The first-order valence-electron chi connectivity index (χ1n) is 24.0. The van der Waals surface area contributed by atoms with Crippen LogP contribution in [0.25, 0.3) is 54.7 Å². The van der Waals surface area contributed by atoms with E-state index in [0.29, 0.717) is 43.2 Å². The zero-order chi connectivity index (χ0) is 47.8. The molecular weight excluding hydrogens is 857 g/mol. The number of fused-ring (bicyclic) bond motifs is 6. The number of ether oxygens (including phenoxy) is 2. The van der Waals surface area contributed by atoms with E-state index in [1.807, 2.05) is 62.1 Å². The summed E-state index contributed by atoms with van der Waals surface area (Å²) >= 11 is 0. The molecule has 7 aromatic rings. The van der Waals surface area contributed by atoms with Crippen molar-refractivity contribution < 1.29 is 28.7 Å². The molecule has 68 heavy (non-hydrogen) atoms. The molecule has 2 aliphatic carbocycles. The second-order valence-corrected chi connectivity index (χ2v) is 19.0. The number of carbonyl (C=O) groups is 4. The maximum absolute atomic E-state index is 14.4. The Hall–Kier alpha value is -6.80. The Kier molecular flexibility index (Phi) is 13.2. The molecule has 0 spiro atoms. The van der Waals surface area contributed by atoms with E-state index < -0.39 is 18.2 Å². The third-order valence-corrected chi connectivity index (χ3v) is 14.3. The van der Waals surface area contributed by atoms with Crippen molar-refractivity contribution in [3.63, 3.8) is 0 Å². The van der Waals surface area contributed by atoms with Crippen molar-refractivity contribution in [2.45, 2.75) is 98.1 Å². The normalized spacial score (nSPS) is 18.1. The maximum Gasteiger partial charge on any atom is 0.407 e. The standard InChI is InChI=1S/C54H62N8O6/c1-8-23-61(52(64)47(59-51(63)34-13-14-34)39-12-10-11-33(24-39)29-67-6)27-44-55-42-21-17-37-25-35(15-19-40(37)48(42)57-44)36-16-20-41-38(26-36)18-22-43-49(41)58-45(56-43)28-62(50-31(4)32(50)5)53(65)46(30(3)9-2)60-54(66)68-7/h10-12,15-22,24-26,30-32,34,46-47,50H,8-9,13-14,23,27-29H2,1-7H3,(H,55,57)(H,56,58)(H,59,63)(H,60,66). The Morgan fingerprint density at radius 1 is 0.765 bits per heavy atom. The van der Waals surface area contributed by atoms with E-state index in [0.717, 1.165) is 91.5 Å². The van der Waals surface area contributed by atoms with Gasteiger partial charge in [0.1, 0.15) is 23.7 Å². The molecule has 0 saturated heterocycles. The summed E-state index contributed by atoms with van der Waals surface area (Å²) in [5.41, 5.74) is 7.21. The van der Waals surface area contributed by atoms with Gasteiger partial charge in [0.05, 0.1) is 48.9 Å². The Bertz CT molecular complexity index is 3020. The first-order chi connectivity index (χ1) is 32.9. The third kappa shape index (κ3) is 9.38. The summed E-state index contributed by atoms with van der Waals surface area (Å²) in [6.07, 6.45) is 2.52. The fourth-order valence-electron chi connectivity index (χ4n) is 9.78. The molecule has 0 bridgehead atoms. The number of H-pyrrole nitrogens is 2. The van der Waals surface area contributed by atoms with E-state index >= 15 is 0 Å². The number of aromatic amines is 2. The van der Waals surface area contributed by atoms with Crippen molar-refractivity contribution in [2.75, 3.05) is 20.8 Å². The van der Waals surface area contributed by atoms with Gasteiger partial charge in [-0.15, -0.1) is 0 Å². The van der Waals surface area contributed by atoms with Crippen molar-refractivity contribution in [2.24, 2.45) is 23.7 Å². The summed E-state index contributed by atoms with van der Waals surface area (Å²) in [6, 6.07) is 27.3. The van der Waals surface area contributed by atoms with Crippen LogP contribution >= 0.6 is 0 Å². The van der Waals surface area contributed by atoms with Crippen LogP contribution in [0, 0.1) is 23.7 Å². The average molecular weight is 919 g/mol. The smallest absolute Gasteiger partial charge is 0.407 e. The first kappa shape index (κ1) is 46.3. The molecule has 4 amide bonds. The number of nitrogens with one attached hydrogen (secondary N) is 4. The predicted molar refractivity (Wildman–Crippen MR) is 264 cm³/mol. The van der Waals surface area contributed by atoms with E-state index in [1.165, 1.54) is 7.11 Å². The molecule has 2 aliphatic rings. The van der Waals surface area contributed by atoms with Crippen molar-refractivity contribution in [3.8, 4) is 11.1 Å². The highest BCUT2D eigenvalue weighted by Crippen LogP contribution is 2.44. The van der Waals surface area contributed by atoms with Crippen molar-refractivity contribution >= 4 is 67.4 Å². The molecule has 0 radical (unpaired) electrons. The van der Waals surface area contributed by atoms with E-state index in [4.69, 9.17) is 19.4 Å². The van der Waals surface area contributed by atoms with Gasteiger partial charge in [-0.1, -0.05) is 102 Å². The molecule has 4 N–H and O–H groups in total. The largest absolute Gasteiger partial charge is 0.453 e. The second-order valence-electron chi connectivity index (χ2n) is 19.0. The number of carbonyl (C=O) groups excluding carboxylic acids is 4. The summed E-state index contributed by atoms with van der Waals surface area (Å²) < 4.78 is 10.3. The van der Waals surface area contributed by atoms with Crippen LogP contribution < -0.4 is 10.6 Å². The van der Waals surface area contributed by atoms with Crippen LogP contribution in [-0.4, -0.2) is 86.4 Å². The van der Waals surface area contributed by atoms with Crippen LogP contribution in [0.5, 0.6) is 0 Å². The van der Waals surface area contributed by atoms with Gasteiger partial charge in [0.2, 0.25) is 17.7 Å². The monoisotopic (exact) mass is 918 g/mol. The zero-order valence-corrected chi connectivity index (χ0v) is 40.0. The zero-order valence-electron chi connectivity index (χ0n) is 40.0. The molecule has 9 rings (SSSR count). The predicted octanol–water partition coefficient (Wildman–Crippen LogP) is 9.32. The molecule has 2 fully saturated rings. The number of alkyl carbamates (subject to hydrolysis) is 1. The molecule has 5 unspecified atom stereocenters.